The van der Waals surface area contributed by atoms with Crippen LogP contribution in [0.1, 0.15) is 0 Å². The van der Waals surface area contributed by atoms with Crippen LogP contribution in [-0.2, 0) is 0 Å². The highest BCUT2D eigenvalue weighted by atomic mass is 35.5. The minimum absolute atomic E-state index is 0. The first-order valence-electron chi connectivity index (χ1n) is 0.655. The lowest BCUT2D eigenvalue weighted by Crippen LogP contribution is -3.00. The van der Waals surface area contributed by atoms with Crippen molar-refractivity contribution in [3.8, 4) is 0 Å². The first-order chi connectivity index (χ1) is 1.73. The Kier molecular flexibility index (Phi) is 24.5. The van der Waals surface area contributed by atoms with E-state index < -0.39 is 7.54 Å². The first-order valence-corrected chi connectivity index (χ1v) is 0.655. The molecule has 0 heterocycles. The van der Waals surface area contributed by atoms with Crippen molar-refractivity contribution < 1.29 is 25.4 Å². The molecule has 1 nitrogen and oxygen atoms in total. The third-order valence-electron chi connectivity index (χ3n) is 0. The number of quaternary nitrogens is 1. The largest absolute Gasteiger partial charge is 1.00 e. The van der Waals surface area contributed by atoms with Crippen LogP contribution >= 0.6 is 0 Å². The smallest absolute Gasteiger partial charge is 0.762 e. The Balaban J connectivity index is -0.0000000450. The summed E-state index contributed by atoms with van der Waals surface area (Å²) in [5, 5.41) is 0. The van der Waals surface area contributed by atoms with Gasteiger partial charge in [-0.15, -0.1) is 0 Å². The number of hydrogen-bond donors (Lipinski definition) is 1. The lowest BCUT2D eigenvalue weighted by Gasteiger charge is -1.55. The van der Waals surface area contributed by atoms with E-state index in [0.717, 1.165) is 0 Å². The Bertz CT molecular complexity index is 15.5. The topological polar surface area (TPSA) is 36.5 Å². The highest BCUT2D eigenvalue weighted by Gasteiger charge is 2.06. The summed E-state index contributed by atoms with van der Waals surface area (Å²) in [6.45, 7) is 0. The highest BCUT2D eigenvalue weighted by Crippen LogP contribution is 1.80. The van der Waals surface area contributed by atoms with Crippen molar-refractivity contribution >= 4 is 7.54 Å². The molecule has 40 valence electrons. The fourth-order valence-corrected chi connectivity index (χ4v) is 0. The monoisotopic (exact) mass is 121 g/mol. The number of halogens is 4. The van der Waals surface area contributed by atoms with Crippen LogP contribution in [0.5, 0.6) is 0 Å². The van der Waals surface area contributed by atoms with Crippen LogP contribution in [0, 0.1) is 0 Å². The van der Waals surface area contributed by atoms with Gasteiger partial charge in [0.1, 0.15) is 0 Å². The summed E-state index contributed by atoms with van der Waals surface area (Å²) in [7, 11) is -3.67. The Hall–Kier alpha value is 0.105. The van der Waals surface area contributed by atoms with Crippen LogP contribution in [0.25, 0.3) is 0 Å². The van der Waals surface area contributed by atoms with Crippen molar-refractivity contribution in [3.05, 3.63) is 0 Å². The van der Waals surface area contributed by atoms with Crippen LogP contribution in [0.4, 0.5) is 12.9 Å². The molecular formula is H4BClF3N. The minimum atomic E-state index is -3.67. The van der Waals surface area contributed by atoms with Gasteiger partial charge in [-0.1, -0.05) is 0 Å². The molecule has 0 amide bonds. The highest BCUT2D eigenvalue weighted by molar-refractivity contribution is 6.33. The van der Waals surface area contributed by atoms with Crippen molar-refractivity contribution in [1.29, 1.82) is 0 Å². The summed E-state index contributed by atoms with van der Waals surface area (Å²) < 4.78 is 29.0. The molecule has 0 atom stereocenters. The molecule has 0 aromatic rings. The lowest BCUT2D eigenvalue weighted by atomic mass is 10.5. The molecular weight excluding hydrogens is 117 g/mol. The van der Waals surface area contributed by atoms with Gasteiger partial charge >= 0.3 is 7.54 Å². The summed E-state index contributed by atoms with van der Waals surface area (Å²) in [6.07, 6.45) is 0. The third kappa shape index (κ3) is 3590. The molecule has 0 aromatic carbocycles. The van der Waals surface area contributed by atoms with E-state index >= 15 is 0 Å². The van der Waals surface area contributed by atoms with Crippen LogP contribution in [0.3, 0.4) is 0 Å². The Morgan fingerprint density at radius 2 is 1.00 bits per heavy atom. The molecule has 0 bridgehead atoms. The summed E-state index contributed by atoms with van der Waals surface area (Å²) in [6, 6.07) is 0. The van der Waals surface area contributed by atoms with Gasteiger partial charge in [0.05, 0.1) is 0 Å². The molecule has 6 heavy (non-hydrogen) atoms. The van der Waals surface area contributed by atoms with Crippen molar-refractivity contribution in [2.24, 2.45) is 0 Å². The summed E-state index contributed by atoms with van der Waals surface area (Å²) >= 11 is 0. The molecule has 0 aromatic heterocycles. The molecule has 0 rings (SSSR count). The van der Waals surface area contributed by atoms with Gasteiger partial charge in [0, 0.05) is 0 Å². The molecule has 0 radical (unpaired) electrons. The van der Waals surface area contributed by atoms with Gasteiger partial charge in [-0.05, 0) is 0 Å². The van der Waals surface area contributed by atoms with Crippen LogP contribution in [-0.4, -0.2) is 7.54 Å². The van der Waals surface area contributed by atoms with E-state index in [1.807, 2.05) is 0 Å². The van der Waals surface area contributed by atoms with Crippen molar-refractivity contribution in [2.45, 2.75) is 0 Å². The predicted molar refractivity (Wildman–Crippen MR) is 15.1 cm³/mol. The lowest BCUT2D eigenvalue weighted by molar-refractivity contribution is -0.00000412. The molecule has 0 saturated carbocycles. The van der Waals surface area contributed by atoms with Crippen molar-refractivity contribution in [3.63, 3.8) is 0 Å². The van der Waals surface area contributed by atoms with Gasteiger partial charge in [-0.2, -0.15) is 0 Å². The second-order valence-electron chi connectivity index (χ2n) is 0.247. The standard InChI is InChI=1S/BF3.ClH.H3N/c2-1(3)4;;/h;1H;1H3. The summed E-state index contributed by atoms with van der Waals surface area (Å²) in [4.78, 5) is 0. The van der Waals surface area contributed by atoms with E-state index in [2.05, 4.69) is 0 Å². The summed E-state index contributed by atoms with van der Waals surface area (Å²) in [5.41, 5.74) is 0. The van der Waals surface area contributed by atoms with Gasteiger partial charge < -0.3 is 18.6 Å². The average molecular weight is 121 g/mol. The molecule has 0 aliphatic heterocycles. The van der Waals surface area contributed by atoms with E-state index in [0.29, 0.717) is 0 Å². The van der Waals surface area contributed by atoms with Gasteiger partial charge in [0.25, 0.3) is 0 Å². The third-order valence-corrected chi connectivity index (χ3v) is 0. The zero-order valence-corrected chi connectivity index (χ0v) is 3.85. The molecule has 0 unspecified atom stereocenters. The van der Waals surface area contributed by atoms with E-state index in [1.54, 1.807) is 0 Å². The Labute approximate surface area is 40.1 Å². The second kappa shape index (κ2) is 8.92. The van der Waals surface area contributed by atoms with E-state index in [9.17, 15) is 12.9 Å². The minimum Gasteiger partial charge on any atom is -1.00 e. The van der Waals surface area contributed by atoms with Gasteiger partial charge in [0.2, 0.25) is 0 Å². The van der Waals surface area contributed by atoms with Crippen LogP contribution < -0.4 is 18.6 Å². The molecule has 0 aliphatic rings. The second-order valence-corrected chi connectivity index (χ2v) is 0.247. The Morgan fingerprint density at radius 3 is 1.00 bits per heavy atom. The normalized spacial score (nSPS) is 4.50. The summed E-state index contributed by atoms with van der Waals surface area (Å²) in [5.74, 6) is 0. The van der Waals surface area contributed by atoms with Gasteiger partial charge in [-0.3, -0.25) is 12.9 Å². The molecule has 6 heteroatoms. The van der Waals surface area contributed by atoms with E-state index in [4.69, 9.17) is 0 Å². The molecule has 0 aliphatic carbocycles. The SMILES string of the molecule is FB(F)F.[Cl-].[NH4+]. The maximum Gasteiger partial charge on any atom is 0.762 e. The number of rotatable bonds is 0. The average Bonchev–Trinajstić information content (AvgIpc) is 0.811. The van der Waals surface area contributed by atoms with Crippen molar-refractivity contribution in [2.75, 3.05) is 0 Å². The van der Waals surface area contributed by atoms with Crippen LogP contribution in [0.15, 0.2) is 0 Å². The zero-order valence-electron chi connectivity index (χ0n) is 3.09. The van der Waals surface area contributed by atoms with Crippen molar-refractivity contribution in [1.82, 2.24) is 6.15 Å². The van der Waals surface area contributed by atoms with E-state index in [-0.39, 0.29) is 18.6 Å². The maximum absolute atomic E-state index is 9.67. The maximum atomic E-state index is 9.67. The molecule has 0 fully saturated rings. The fraction of sp³-hybridized carbons (Fsp3) is 0. The quantitative estimate of drug-likeness (QED) is 0.369. The van der Waals surface area contributed by atoms with Crippen LogP contribution in [0.2, 0.25) is 0 Å². The first kappa shape index (κ1) is 16.5. The zero-order chi connectivity index (χ0) is 3.58. The molecule has 4 N–H and O–H groups in total. The van der Waals surface area contributed by atoms with Gasteiger partial charge in [0.15, 0.2) is 0 Å². The number of hydrogen-bond acceptors (Lipinski definition) is 0. The molecule has 0 spiro atoms. The fourth-order valence-electron chi connectivity index (χ4n) is 0. The molecule has 0 saturated heterocycles. The van der Waals surface area contributed by atoms with E-state index in [1.165, 1.54) is 0 Å². The predicted octanol–water partition coefficient (Wildman–Crippen LogP) is -1.74. The van der Waals surface area contributed by atoms with Gasteiger partial charge in [-0.25, -0.2) is 0 Å². The Morgan fingerprint density at radius 1 is 1.00 bits per heavy atom.